The third-order valence-electron chi connectivity index (χ3n) is 3.05. The number of nitrogens with zero attached hydrogens (tertiary/aromatic N) is 2. The first kappa shape index (κ1) is 12.5. The number of hydrogen-bond donors (Lipinski definition) is 1. The summed E-state index contributed by atoms with van der Waals surface area (Å²) < 4.78 is 11.9. The minimum Gasteiger partial charge on any atom is -0.367 e. The lowest BCUT2D eigenvalue weighted by Crippen LogP contribution is -2.17. The Labute approximate surface area is 105 Å². The molecule has 1 aromatic rings. The van der Waals surface area contributed by atoms with E-state index in [1.807, 2.05) is 6.92 Å². The molecule has 0 saturated carbocycles. The summed E-state index contributed by atoms with van der Waals surface area (Å²) in [7, 11) is -0.925. The number of rotatable bonds is 4. The second-order valence-corrected chi connectivity index (χ2v) is 5.88. The van der Waals surface area contributed by atoms with Crippen LogP contribution in [-0.2, 0) is 23.6 Å². The highest BCUT2D eigenvalue weighted by Crippen LogP contribution is 2.28. The van der Waals surface area contributed by atoms with Crippen LogP contribution in [0.15, 0.2) is 4.90 Å². The average Bonchev–Trinajstić information content (AvgIpc) is 2.71. The summed E-state index contributed by atoms with van der Waals surface area (Å²) in [4.78, 5) is 9.79. The Bertz CT molecular complexity index is 448. The van der Waals surface area contributed by atoms with Crippen molar-refractivity contribution in [3.63, 3.8) is 0 Å². The van der Waals surface area contributed by atoms with Gasteiger partial charge in [0.1, 0.15) is 16.5 Å². The summed E-state index contributed by atoms with van der Waals surface area (Å²) in [5, 5.41) is 3.35. The van der Waals surface area contributed by atoms with Crippen LogP contribution in [0.3, 0.4) is 0 Å². The molecule has 2 atom stereocenters. The molecular weight excluding hydrogens is 234 g/mol. The van der Waals surface area contributed by atoms with Crippen molar-refractivity contribution in [1.29, 1.82) is 0 Å². The zero-order valence-corrected chi connectivity index (χ0v) is 11.4. The molecule has 4 nitrogen and oxygen atoms in total. The molecule has 5 heteroatoms. The molecule has 2 unspecified atom stereocenters. The van der Waals surface area contributed by atoms with Crippen LogP contribution in [0.2, 0.25) is 0 Å². The van der Waals surface area contributed by atoms with E-state index in [4.69, 9.17) is 0 Å². The van der Waals surface area contributed by atoms with Crippen molar-refractivity contribution in [1.82, 2.24) is 9.97 Å². The number of nitrogens with one attached hydrogen (secondary N) is 1. The predicted octanol–water partition coefficient (Wildman–Crippen LogP) is 1.91. The molecule has 17 heavy (non-hydrogen) atoms. The normalized spacial score (nSPS) is 20.1. The monoisotopic (exact) mass is 253 g/mol. The topological polar surface area (TPSA) is 54.9 Å². The van der Waals surface area contributed by atoms with E-state index in [-0.39, 0.29) is 0 Å². The summed E-state index contributed by atoms with van der Waals surface area (Å²) in [5.74, 6) is 2.32. The lowest BCUT2D eigenvalue weighted by Gasteiger charge is -2.15. The maximum absolute atomic E-state index is 11.9. The lowest BCUT2D eigenvalue weighted by atomic mass is 10.2. The molecule has 94 valence electrons. The number of aryl methyl sites for hydroxylation is 2. The number of hydrogen-bond acceptors (Lipinski definition) is 4. The van der Waals surface area contributed by atoms with E-state index in [0.717, 1.165) is 41.5 Å². The molecule has 1 N–H and O–H groups in total. The molecule has 0 aliphatic carbocycles. The smallest absolute Gasteiger partial charge is 0.146 e. The van der Waals surface area contributed by atoms with Crippen molar-refractivity contribution in [3.05, 3.63) is 11.5 Å². The lowest BCUT2D eigenvalue weighted by molar-refractivity contribution is 0.684. The van der Waals surface area contributed by atoms with E-state index in [9.17, 15) is 4.21 Å². The van der Waals surface area contributed by atoms with Gasteiger partial charge in [-0.2, -0.15) is 0 Å². The molecule has 0 radical (unpaired) electrons. The van der Waals surface area contributed by atoms with E-state index >= 15 is 0 Å². The third-order valence-corrected chi connectivity index (χ3v) is 4.50. The highest BCUT2D eigenvalue weighted by atomic mass is 32.2. The molecule has 0 fully saturated rings. The molecule has 0 aromatic carbocycles. The Kier molecular flexibility index (Phi) is 3.76. The van der Waals surface area contributed by atoms with Crippen molar-refractivity contribution >= 4 is 16.6 Å². The van der Waals surface area contributed by atoms with Gasteiger partial charge in [-0.15, -0.1) is 0 Å². The maximum Gasteiger partial charge on any atom is 0.146 e. The van der Waals surface area contributed by atoms with Gasteiger partial charge in [-0.1, -0.05) is 13.8 Å². The Hall–Kier alpha value is -0.970. The van der Waals surface area contributed by atoms with Gasteiger partial charge >= 0.3 is 0 Å². The Morgan fingerprint density at radius 2 is 2.18 bits per heavy atom. The van der Waals surface area contributed by atoms with Gasteiger partial charge in [0, 0.05) is 24.6 Å². The number of aromatic nitrogens is 2. The SMILES string of the molecule is CCc1nc2c(c(NC(C)CC)n1)S(=O)CC2. The molecule has 0 bridgehead atoms. The first-order valence-corrected chi connectivity index (χ1v) is 7.52. The standard InChI is InChI=1S/C12H19N3OS/c1-4-8(3)13-12-11-9(6-7-17(11)16)14-10(5-2)15-12/h8H,4-7H2,1-3H3,(H,13,14,15). The first-order chi connectivity index (χ1) is 8.15. The van der Waals surface area contributed by atoms with E-state index in [1.165, 1.54) is 0 Å². The summed E-state index contributed by atoms with van der Waals surface area (Å²) in [6, 6.07) is 0.344. The Morgan fingerprint density at radius 3 is 2.82 bits per heavy atom. The van der Waals surface area contributed by atoms with Crippen molar-refractivity contribution in [2.45, 2.75) is 51.0 Å². The number of fused-ring (bicyclic) bond motifs is 1. The van der Waals surface area contributed by atoms with E-state index in [1.54, 1.807) is 0 Å². The quantitative estimate of drug-likeness (QED) is 0.890. The van der Waals surface area contributed by atoms with Crippen LogP contribution in [0, 0.1) is 0 Å². The van der Waals surface area contributed by atoms with Crippen molar-refractivity contribution in [2.24, 2.45) is 0 Å². The van der Waals surface area contributed by atoms with Crippen LogP contribution in [0.25, 0.3) is 0 Å². The van der Waals surface area contributed by atoms with Gasteiger partial charge in [-0.3, -0.25) is 4.21 Å². The zero-order chi connectivity index (χ0) is 12.4. The molecule has 0 amide bonds. The summed E-state index contributed by atoms with van der Waals surface area (Å²) >= 11 is 0. The van der Waals surface area contributed by atoms with Crippen molar-refractivity contribution in [2.75, 3.05) is 11.1 Å². The highest BCUT2D eigenvalue weighted by molar-refractivity contribution is 7.85. The molecular formula is C12H19N3OS. The molecule has 2 heterocycles. The van der Waals surface area contributed by atoms with Crippen LogP contribution in [0.4, 0.5) is 5.82 Å². The first-order valence-electron chi connectivity index (χ1n) is 6.20. The predicted molar refractivity (Wildman–Crippen MR) is 69.8 cm³/mol. The molecule has 0 saturated heterocycles. The van der Waals surface area contributed by atoms with Gasteiger partial charge < -0.3 is 5.32 Å². The van der Waals surface area contributed by atoms with E-state index in [2.05, 4.69) is 29.1 Å². The van der Waals surface area contributed by atoms with E-state index in [0.29, 0.717) is 11.8 Å². The number of anilines is 1. The fourth-order valence-electron chi connectivity index (χ4n) is 1.84. The average molecular weight is 253 g/mol. The minimum atomic E-state index is -0.925. The van der Waals surface area contributed by atoms with Crippen LogP contribution in [0.1, 0.15) is 38.7 Å². The highest BCUT2D eigenvalue weighted by Gasteiger charge is 2.25. The van der Waals surface area contributed by atoms with Crippen LogP contribution >= 0.6 is 0 Å². The van der Waals surface area contributed by atoms with Gasteiger partial charge in [-0.05, 0) is 13.3 Å². The van der Waals surface area contributed by atoms with Gasteiger partial charge in [0.05, 0.1) is 16.5 Å². The van der Waals surface area contributed by atoms with Crippen molar-refractivity contribution < 1.29 is 4.21 Å². The Balaban J connectivity index is 2.41. The second kappa shape index (κ2) is 5.12. The van der Waals surface area contributed by atoms with Crippen LogP contribution in [-0.4, -0.2) is 26.0 Å². The molecule has 1 aromatic heterocycles. The summed E-state index contributed by atoms with van der Waals surface area (Å²) in [6.07, 6.45) is 2.65. The fraction of sp³-hybridized carbons (Fsp3) is 0.667. The zero-order valence-electron chi connectivity index (χ0n) is 10.6. The molecule has 0 spiro atoms. The molecule has 2 rings (SSSR count). The molecule has 1 aliphatic rings. The van der Waals surface area contributed by atoms with Crippen molar-refractivity contribution in [3.8, 4) is 0 Å². The van der Waals surface area contributed by atoms with Gasteiger partial charge in [-0.25, -0.2) is 9.97 Å². The van der Waals surface area contributed by atoms with Gasteiger partial charge in [0.25, 0.3) is 0 Å². The fourth-order valence-corrected chi connectivity index (χ4v) is 3.15. The van der Waals surface area contributed by atoms with Crippen LogP contribution in [0.5, 0.6) is 0 Å². The van der Waals surface area contributed by atoms with Crippen LogP contribution < -0.4 is 5.32 Å². The minimum absolute atomic E-state index is 0.344. The third kappa shape index (κ3) is 2.49. The largest absolute Gasteiger partial charge is 0.367 e. The maximum atomic E-state index is 11.9. The van der Waals surface area contributed by atoms with Gasteiger partial charge in [0.2, 0.25) is 0 Å². The summed E-state index contributed by atoms with van der Waals surface area (Å²) in [6.45, 7) is 6.27. The Morgan fingerprint density at radius 1 is 1.41 bits per heavy atom. The van der Waals surface area contributed by atoms with Gasteiger partial charge in [0.15, 0.2) is 0 Å². The van der Waals surface area contributed by atoms with E-state index < -0.39 is 10.8 Å². The summed E-state index contributed by atoms with van der Waals surface area (Å²) in [5.41, 5.74) is 0.973. The second-order valence-electron chi connectivity index (χ2n) is 4.37. The molecule has 1 aliphatic heterocycles.